The van der Waals surface area contributed by atoms with Gasteiger partial charge in [-0.3, -0.25) is 9.48 Å². The molecule has 0 radical (unpaired) electrons. The summed E-state index contributed by atoms with van der Waals surface area (Å²) in [6, 6.07) is 0. The first-order valence-corrected chi connectivity index (χ1v) is 3.66. The van der Waals surface area contributed by atoms with E-state index >= 15 is 0 Å². The van der Waals surface area contributed by atoms with Gasteiger partial charge in [0.2, 0.25) is 0 Å². The first kappa shape index (κ1) is 9.13. The molecule has 0 atom stereocenters. The summed E-state index contributed by atoms with van der Waals surface area (Å²) in [5.41, 5.74) is 6.38. The number of aryl methyl sites for hydroxylation is 1. The molecule has 3 N–H and O–H groups in total. The summed E-state index contributed by atoms with van der Waals surface area (Å²) in [4.78, 5) is 10.7. The molecular weight excluding hydrogens is 168 g/mol. The molecule has 1 aromatic heterocycles. The Bertz CT molecular complexity index is 361. The van der Waals surface area contributed by atoms with E-state index in [1.54, 1.807) is 13.2 Å². The zero-order valence-corrected chi connectivity index (χ0v) is 7.24. The Morgan fingerprint density at radius 2 is 2.62 bits per heavy atom. The maximum Gasteiger partial charge on any atom is 0.295 e. The lowest BCUT2D eigenvalue weighted by atomic mass is 10.3. The van der Waals surface area contributed by atoms with Crippen molar-refractivity contribution in [3.63, 3.8) is 0 Å². The van der Waals surface area contributed by atoms with Crippen LogP contribution in [0.25, 0.3) is 0 Å². The van der Waals surface area contributed by atoms with Crippen LogP contribution in [0.5, 0.6) is 0 Å². The lowest BCUT2D eigenvalue weighted by molar-refractivity contribution is -0.115. The van der Waals surface area contributed by atoms with Gasteiger partial charge in [0.25, 0.3) is 5.91 Å². The largest absolute Gasteiger partial charge is 0.384 e. The highest BCUT2D eigenvalue weighted by Gasteiger charge is 2.04. The van der Waals surface area contributed by atoms with Crippen LogP contribution in [0.1, 0.15) is 5.56 Å². The van der Waals surface area contributed by atoms with Gasteiger partial charge in [-0.05, 0) is 5.92 Å². The lowest BCUT2D eigenvalue weighted by Crippen LogP contribution is -2.20. The van der Waals surface area contributed by atoms with Crippen LogP contribution in [0.3, 0.4) is 0 Å². The van der Waals surface area contributed by atoms with Gasteiger partial charge < -0.3 is 11.1 Å². The van der Waals surface area contributed by atoms with E-state index in [2.05, 4.69) is 10.4 Å². The van der Waals surface area contributed by atoms with Crippen molar-refractivity contribution >= 4 is 11.7 Å². The Morgan fingerprint density at radius 3 is 3.08 bits per heavy atom. The Kier molecular flexibility index (Phi) is 2.55. The Labute approximate surface area is 75.9 Å². The van der Waals surface area contributed by atoms with Gasteiger partial charge in [0.1, 0.15) is 5.82 Å². The van der Waals surface area contributed by atoms with E-state index in [0.717, 1.165) is 5.56 Å². The number of nitrogens with two attached hydrogens (primary N) is 1. The average molecular weight is 178 g/mol. The topological polar surface area (TPSA) is 72.9 Å². The fourth-order valence-electron chi connectivity index (χ4n) is 0.855. The fourth-order valence-corrected chi connectivity index (χ4v) is 0.855. The number of nitrogens with one attached hydrogen (secondary N) is 1. The molecule has 0 saturated heterocycles. The van der Waals surface area contributed by atoms with Crippen molar-refractivity contribution in [2.45, 2.75) is 6.54 Å². The maximum atomic E-state index is 10.7. The quantitative estimate of drug-likeness (QED) is 0.585. The predicted molar refractivity (Wildman–Crippen MR) is 48.3 cm³/mol. The summed E-state index contributed by atoms with van der Waals surface area (Å²) >= 11 is 0. The second-order valence-corrected chi connectivity index (χ2v) is 2.51. The van der Waals surface area contributed by atoms with Crippen LogP contribution in [0.2, 0.25) is 0 Å². The summed E-state index contributed by atoms with van der Waals surface area (Å²) in [6.07, 6.45) is 6.45. The van der Waals surface area contributed by atoms with Crippen LogP contribution in [-0.4, -0.2) is 15.7 Å². The molecule has 0 aliphatic carbocycles. The number of hydrogen-bond acceptors (Lipinski definition) is 3. The monoisotopic (exact) mass is 178 g/mol. The number of terminal acetylenes is 1. The highest BCUT2D eigenvalue weighted by atomic mass is 16.1. The summed E-state index contributed by atoms with van der Waals surface area (Å²) < 4.78 is 1.53. The molecule has 1 aromatic rings. The molecule has 0 aliphatic heterocycles. The van der Waals surface area contributed by atoms with Gasteiger partial charge in [-0.15, -0.1) is 6.42 Å². The number of rotatable bonds is 2. The summed E-state index contributed by atoms with van der Waals surface area (Å²) in [5.74, 6) is 2.01. The van der Waals surface area contributed by atoms with Crippen LogP contribution >= 0.6 is 0 Å². The number of aromatic nitrogens is 2. The van der Waals surface area contributed by atoms with Crippen LogP contribution in [0.4, 0.5) is 5.82 Å². The van der Waals surface area contributed by atoms with Gasteiger partial charge in [-0.2, -0.15) is 5.10 Å². The molecule has 5 heteroatoms. The van der Waals surface area contributed by atoms with E-state index in [-0.39, 0.29) is 0 Å². The Morgan fingerprint density at radius 1 is 1.92 bits per heavy atom. The highest BCUT2D eigenvalue weighted by molar-refractivity contribution is 5.92. The number of anilines is 1. The summed E-state index contributed by atoms with van der Waals surface area (Å²) in [5, 5.41) is 6.40. The second kappa shape index (κ2) is 3.63. The average Bonchev–Trinajstić information content (AvgIpc) is 2.44. The van der Waals surface area contributed by atoms with E-state index < -0.39 is 5.91 Å². The first-order valence-electron chi connectivity index (χ1n) is 3.66. The predicted octanol–water partition coefficient (Wildman–Crippen LogP) is -0.748. The molecule has 1 heterocycles. The van der Waals surface area contributed by atoms with Crippen molar-refractivity contribution in [1.82, 2.24) is 15.1 Å². The number of carbonyl (C=O) groups excluding carboxylic acids is 1. The van der Waals surface area contributed by atoms with Crippen molar-refractivity contribution in [3.05, 3.63) is 11.8 Å². The molecule has 1 amide bonds. The van der Waals surface area contributed by atoms with Crippen LogP contribution in [0.15, 0.2) is 6.20 Å². The third-order valence-corrected chi connectivity index (χ3v) is 1.63. The number of hydrogen-bond donors (Lipinski definition) is 2. The van der Waals surface area contributed by atoms with Gasteiger partial charge >= 0.3 is 0 Å². The first-order chi connectivity index (χ1) is 6.15. The SMILES string of the molecule is C#CC(=O)NCc1cnn(C)c1N. The van der Waals surface area contributed by atoms with Gasteiger partial charge in [0.05, 0.1) is 6.20 Å². The van der Waals surface area contributed by atoms with Crippen molar-refractivity contribution in [2.75, 3.05) is 5.73 Å². The molecule has 0 saturated carbocycles. The van der Waals surface area contributed by atoms with E-state index in [0.29, 0.717) is 12.4 Å². The van der Waals surface area contributed by atoms with Gasteiger partial charge in [0.15, 0.2) is 0 Å². The van der Waals surface area contributed by atoms with Crippen LogP contribution < -0.4 is 11.1 Å². The smallest absolute Gasteiger partial charge is 0.295 e. The van der Waals surface area contributed by atoms with Gasteiger partial charge in [0, 0.05) is 19.2 Å². The van der Waals surface area contributed by atoms with E-state index in [1.807, 2.05) is 5.92 Å². The molecule has 0 fully saturated rings. The van der Waals surface area contributed by atoms with E-state index in [4.69, 9.17) is 12.2 Å². The molecule has 5 nitrogen and oxygen atoms in total. The van der Waals surface area contributed by atoms with Crippen molar-refractivity contribution in [3.8, 4) is 12.3 Å². The minimum atomic E-state index is -0.455. The van der Waals surface area contributed by atoms with E-state index in [1.165, 1.54) is 4.68 Å². The second-order valence-electron chi connectivity index (χ2n) is 2.51. The molecule has 0 unspecified atom stereocenters. The zero-order chi connectivity index (χ0) is 9.84. The van der Waals surface area contributed by atoms with Crippen LogP contribution in [-0.2, 0) is 18.4 Å². The van der Waals surface area contributed by atoms with Crippen LogP contribution in [0, 0.1) is 12.3 Å². The van der Waals surface area contributed by atoms with Crippen molar-refractivity contribution in [2.24, 2.45) is 7.05 Å². The third kappa shape index (κ3) is 1.99. The molecule has 1 rings (SSSR count). The molecule has 0 aliphatic rings. The Balaban J connectivity index is 2.61. The third-order valence-electron chi connectivity index (χ3n) is 1.63. The molecule has 0 aromatic carbocycles. The Hall–Kier alpha value is -1.96. The number of nitrogens with zero attached hydrogens (tertiary/aromatic N) is 2. The standard InChI is InChI=1S/C8H10N4O/c1-3-7(13)10-4-6-5-11-12(2)8(6)9/h1,5H,4,9H2,2H3,(H,10,13). The molecule has 0 spiro atoms. The molecular formula is C8H10N4O. The summed E-state index contributed by atoms with van der Waals surface area (Å²) in [6.45, 7) is 0.308. The normalized spacial score (nSPS) is 9.23. The zero-order valence-electron chi connectivity index (χ0n) is 7.24. The van der Waals surface area contributed by atoms with Gasteiger partial charge in [-0.1, -0.05) is 0 Å². The van der Waals surface area contributed by atoms with Crippen molar-refractivity contribution < 1.29 is 4.79 Å². The number of carbonyl (C=O) groups is 1. The minimum absolute atomic E-state index is 0.308. The fraction of sp³-hybridized carbons (Fsp3) is 0.250. The number of amides is 1. The highest BCUT2D eigenvalue weighted by Crippen LogP contribution is 2.07. The summed E-state index contributed by atoms with van der Waals surface area (Å²) in [7, 11) is 1.72. The maximum absolute atomic E-state index is 10.7. The minimum Gasteiger partial charge on any atom is -0.384 e. The number of nitrogen functional groups attached to an aromatic ring is 1. The van der Waals surface area contributed by atoms with Crippen molar-refractivity contribution in [1.29, 1.82) is 0 Å². The lowest BCUT2D eigenvalue weighted by Gasteiger charge is -1.99. The molecule has 0 bridgehead atoms. The molecule has 68 valence electrons. The van der Waals surface area contributed by atoms with E-state index in [9.17, 15) is 4.79 Å². The molecule has 13 heavy (non-hydrogen) atoms. The van der Waals surface area contributed by atoms with Gasteiger partial charge in [-0.25, -0.2) is 0 Å².